The molecule has 0 aliphatic heterocycles. The molecular formula is C12H17NO5S2. The number of carboxylic acid groups (broad SMARTS) is 1. The Morgan fingerprint density at radius 1 is 1.20 bits per heavy atom. The molecule has 20 heavy (non-hydrogen) atoms. The maximum atomic E-state index is 11.9. The van der Waals surface area contributed by atoms with Crippen LogP contribution in [0, 0.1) is 0 Å². The van der Waals surface area contributed by atoms with E-state index in [-0.39, 0.29) is 17.1 Å². The quantitative estimate of drug-likeness (QED) is 0.581. The van der Waals surface area contributed by atoms with Crippen LogP contribution in [0.2, 0.25) is 0 Å². The van der Waals surface area contributed by atoms with Crippen molar-refractivity contribution < 1.29 is 23.4 Å². The standard InChI is InChI=1S/C12H17NO5S2/c14-7-1-8-19-9-6-13-20(17,18)11-4-2-10(3-5-11)12(15)16/h2-5,13-14H,1,6-9H2,(H,15,16). The molecule has 0 aliphatic carbocycles. The average Bonchev–Trinajstić information content (AvgIpc) is 2.43. The second kappa shape index (κ2) is 8.25. The molecule has 6 nitrogen and oxygen atoms in total. The summed E-state index contributed by atoms with van der Waals surface area (Å²) in [5.74, 6) is 0.306. The molecule has 0 unspecified atom stereocenters. The maximum Gasteiger partial charge on any atom is 0.335 e. The van der Waals surface area contributed by atoms with E-state index in [9.17, 15) is 13.2 Å². The van der Waals surface area contributed by atoms with E-state index in [0.717, 1.165) is 5.75 Å². The smallest absolute Gasteiger partial charge is 0.335 e. The normalized spacial score (nSPS) is 11.4. The highest BCUT2D eigenvalue weighted by atomic mass is 32.2. The summed E-state index contributed by atoms with van der Waals surface area (Å²) in [5.41, 5.74) is 0.0449. The second-order valence-electron chi connectivity index (χ2n) is 3.92. The fourth-order valence-electron chi connectivity index (χ4n) is 1.38. The Morgan fingerprint density at radius 2 is 1.85 bits per heavy atom. The molecule has 8 heteroatoms. The number of sulfonamides is 1. The van der Waals surface area contributed by atoms with Gasteiger partial charge < -0.3 is 10.2 Å². The fraction of sp³-hybridized carbons (Fsp3) is 0.417. The van der Waals surface area contributed by atoms with Gasteiger partial charge in [0.1, 0.15) is 0 Å². The number of nitrogens with one attached hydrogen (secondary N) is 1. The molecule has 0 fully saturated rings. The zero-order chi connectivity index (χ0) is 15.0. The molecule has 0 amide bonds. The van der Waals surface area contributed by atoms with E-state index < -0.39 is 16.0 Å². The fourth-order valence-corrected chi connectivity index (χ4v) is 3.32. The number of hydrogen-bond donors (Lipinski definition) is 3. The van der Waals surface area contributed by atoms with E-state index in [1.807, 2.05) is 0 Å². The van der Waals surface area contributed by atoms with Crippen LogP contribution in [0.15, 0.2) is 29.2 Å². The SMILES string of the molecule is O=C(O)c1ccc(S(=O)(=O)NCCSCCCO)cc1. The van der Waals surface area contributed by atoms with Gasteiger partial charge in [-0.15, -0.1) is 0 Å². The van der Waals surface area contributed by atoms with Crippen molar-refractivity contribution in [2.24, 2.45) is 0 Å². The molecule has 0 atom stereocenters. The number of rotatable bonds is 9. The summed E-state index contributed by atoms with van der Waals surface area (Å²) in [7, 11) is -3.60. The Bertz CT molecular complexity index is 527. The van der Waals surface area contributed by atoms with E-state index in [1.54, 1.807) is 11.8 Å². The molecule has 3 N–H and O–H groups in total. The van der Waals surface area contributed by atoms with E-state index in [0.29, 0.717) is 18.7 Å². The molecule has 0 saturated heterocycles. The minimum atomic E-state index is -3.60. The molecule has 1 aromatic rings. The lowest BCUT2D eigenvalue weighted by Crippen LogP contribution is -2.26. The summed E-state index contributed by atoms with van der Waals surface area (Å²) in [6.45, 7) is 0.424. The van der Waals surface area contributed by atoms with Gasteiger partial charge in [0.25, 0.3) is 0 Å². The molecule has 0 aromatic heterocycles. The van der Waals surface area contributed by atoms with Gasteiger partial charge in [-0.05, 0) is 36.4 Å². The van der Waals surface area contributed by atoms with E-state index in [2.05, 4.69) is 4.72 Å². The Labute approximate surface area is 122 Å². The molecule has 0 heterocycles. The van der Waals surface area contributed by atoms with Crippen molar-refractivity contribution >= 4 is 27.8 Å². The minimum Gasteiger partial charge on any atom is -0.478 e. The topological polar surface area (TPSA) is 104 Å². The molecule has 1 rings (SSSR count). The van der Waals surface area contributed by atoms with Crippen LogP contribution in [0.1, 0.15) is 16.8 Å². The van der Waals surface area contributed by atoms with E-state index >= 15 is 0 Å². The lowest BCUT2D eigenvalue weighted by molar-refractivity contribution is 0.0696. The van der Waals surface area contributed by atoms with Gasteiger partial charge in [-0.25, -0.2) is 17.9 Å². The van der Waals surface area contributed by atoms with Crippen molar-refractivity contribution in [3.63, 3.8) is 0 Å². The maximum absolute atomic E-state index is 11.9. The predicted octanol–water partition coefficient (Wildman–Crippen LogP) is 0.779. The van der Waals surface area contributed by atoms with Crippen molar-refractivity contribution in [2.45, 2.75) is 11.3 Å². The van der Waals surface area contributed by atoms with Crippen LogP contribution in [-0.4, -0.2) is 49.3 Å². The van der Waals surface area contributed by atoms with Crippen molar-refractivity contribution in [2.75, 3.05) is 24.7 Å². The molecule has 0 bridgehead atoms. The van der Waals surface area contributed by atoms with Crippen LogP contribution in [0.3, 0.4) is 0 Å². The monoisotopic (exact) mass is 319 g/mol. The molecule has 112 valence electrons. The average molecular weight is 319 g/mol. The van der Waals surface area contributed by atoms with E-state index in [1.165, 1.54) is 24.3 Å². The Hall–Kier alpha value is -1.09. The number of aliphatic hydroxyl groups is 1. The molecule has 0 radical (unpaired) electrons. The Morgan fingerprint density at radius 3 is 2.40 bits per heavy atom. The lowest BCUT2D eigenvalue weighted by Gasteiger charge is -2.06. The van der Waals surface area contributed by atoms with Crippen LogP contribution in [0.5, 0.6) is 0 Å². The second-order valence-corrected chi connectivity index (χ2v) is 6.91. The minimum absolute atomic E-state index is 0.0443. The highest BCUT2D eigenvalue weighted by Gasteiger charge is 2.13. The highest BCUT2D eigenvalue weighted by Crippen LogP contribution is 2.10. The van der Waals surface area contributed by atoms with Gasteiger partial charge in [0.05, 0.1) is 10.5 Å². The number of aliphatic hydroxyl groups excluding tert-OH is 1. The van der Waals surface area contributed by atoms with Crippen molar-refractivity contribution in [3.8, 4) is 0 Å². The van der Waals surface area contributed by atoms with Gasteiger partial charge in [0.15, 0.2) is 0 Å². The van der Waals surface area contributed by atoms with Crippen LogP contribution in [0.25, 0.3) is 0 Å². The van der Waals surface area contributed by atoms with Crippen molar-refractivity contribution in [3.05, 3.63) is 29.8 Å². The van der Waals surface area contributed by atoms with Gasteiger partial charge in [-0.2, -0.15) is 11.8 Å². The number of hydrogen-bond acceptors (Lipinski definition) is 5. The van der Waals surface area contributed by atoms with Crippen molar-refractivity contribution in [1.29, 1.82) is 0 Å². The Kier molecular flexibility index (Phi) is 7.00. The first-order chi connectivity index (χ1) is 9.47. The third-order valence-electron chi connectivity index (χ3n) is 2.40. The number of carbonyl (C=O) groups is 1. The lowest BCUT2D eigenvalue weighted by atomic mass is 10.2. The zero-order valence-electron chi connectivity index (χ0n) is 10.8. The van der Waals surface area contributed by atoms with Gasteiger partial charge in [-0.1, -0.05) is 0 Å². The zero-order valence-corrected chi connectivity index (χ0v) is 12.4. The van der Waals surface area contributed by atoms with Gasteiger partial charge in [0.2, 0.25) is 10.0 Å². The third-order valence-corrected chi connectivity index (χ3v) is 4.94. The largest absolute Gasteiger partial charge is 0.478 e. The van der Waals surface area contributed by atoms with Crippen LogP contribution in [0.4, 0.5) is 0 Å². The van der Waals surface area contributed by atoms with E-state index in [4.69, 9.17) is 10.2 Å². The molecule has 1 aromatic carbocycles. The number of benzene rings is 1. The number of carboxylic acids is 1. The first-order valence-corrected chi connectivity index (χ1v) is 8.63. The predicted molar refractivity (Wildman–Crippen MR) is 77.6 cm³/mol. The third kappa shape index (κ3) is 5.49. The van der Waals surface area contributed by atoms with Gasteiger partial charge in [0, 0.05) is 18.9 Å². The molecule has 0 aliphatic rings. The number of aromatic carboxylic acids is 1. The summed E-state index contributed by atoms with van der Waals surface area (Å²) in [6.07, 6.45) is 0.689. The van der Waals surface area contributed by atoms with Gasteiger partial charge >= 0.3 is 5.97 Å². The van der Waals surface area contributed by atoms with Gasteiger partial charge in [-0.3, -0.25) is 0 Å². The molecule has 0 spiro atoms. The molecule has 0 saturated carbocycles. The Balaban J connectivity index is 2.49. The number of thioether (sulfide) groups is 1. The summed E-state index contributed by atoms with van der Waals surface area (Å²) in [5, 5.41) is 17.3. The highest BCUT2D eigenvalue weighted by molar-refractivity contribution is 7.99. The first-order valence-electron chi connectivity index (χ1n) is 5.99. The summed E-state index contributed by atoms with van der Waals surface area (Å²) in [4.78, 5) is 10.7. The summed E-state index contributed by atoms with van der Waals surface area (Å²) < 4.78 is 26.2. The summed E-state index contributed by atoms with van der Waals surface area (Å²) >= 11 is 1.56. The van der Waals surface area contributed by atoms with Crippen molar-refractivity contribution in [1.82, 2.24) is 4.72 Å². The molecular weight excluding hydrogens is 302 g/mol. The van der Waals surface area contributed by atoms with Crippen LogP contribution < -0.4 is 4.72 Å². The first kappa shape index (κ1) is 17.0. The van der Waals surface area contributed by atoms with Crippen LogP contribution in [-0.2, 0) is 10.0 Å². The summed E-state index contributed by atoms with van der Waals surface area (Å²) in [6, 6.07) is 5.05. The van der Waals surface area contributed by atoms with Crippen LogP contribution >= 0.6 is 11.8 Å².